The molecular formula is C29H32ClN5OS. The molecule has 1 aromatic carbocycles. The van der Waals surface area contributed by atoms with Crippen LogP contribution in [0.5, 0.6) is 0 Å². The van der Waals surface area contributed by atoms with Crippen molar-refractivity contribution in [2.45, 2.75) is 45.4 Å². The molecule has 8 heteroatoms. The van der Waals surface area contributed by atoms with Crippen LogP contribution >= 0.6 is 22.9 Å². The van der Waals surface area contributed by atoms with Crippen molar-refractivity contribution < 1.29 is 4.79 Å². The van der Waals surface area contributed by atoms with E-state index in [1.165, 1.54) is 0 Å². The van der Waals surface area contributed by atoms with Gasteiger partial charge in [0, 0.05) is 49.9 Å². The number of hydrogen-bond donors (Lipinski definition) is 4. The number of carbonyl (C=O) groups is 1. The maximum Gasteiger partial charge on any atom is 0.253 e. The first-order chi connectivity index (χ1) is 17.8. The summed E-state index contributed by atoms with van der Waals surface area (Å²) in [4.78, 5) is 19.8. The average molecular weight is 534 g/mol. The minimum absolute atomic E-state index is 0.0744. The minimum Gasteiger partial charge on any atom is -0.347 e. The Hall–Kier alpha value is -3.23. The molecule has 1 aliphatic carbocycles. The highest BCUT2D eigenvalue weighted by Crippen LogP contribution is 2.44. The monoisotopic (exact) mass is 533 g/mol. The molecule has 0 spiro atoms. The lowest BCUT2D eigenvalue weighted by atomic mass is 9.74. The molecule has 5 N–H and O–H groups in total. The third kappa shape index (κ3) is 5.86. The van der Waals surface area contributed by atoms with Gasteiger partial charge in [0.15, 0.2) is 0 Å². The predicted molar refractivity (Wildman–Crippen MR) is 157 cm³/mol. The fraction of sp³-hybridized carbons (Fsp3) is 0.241. The van der Waals surface area contributed by atoms with Crippen LogP contribution in [0.3, 0.4) is 0 Å². The Morgan fingerprint density at radius 3 is 2.73 bits per heavy atom. The molecule has 1 aromatic heterocycles. The second-order valence-electron chi connectivity index (χ2n) is 8.88. The standard InChI is InChI=1S/C29H32ClN5OS/c1-5-7-8-22(29(36)35-20-11-9-19(30)10-12-20)18(4)32-15-21-13-14-24(37-21)17(3)25-26-23(6-2)33-16-34-28(25)27(26)31/h5-14,16,18,27-28,32H,3,15,31H2,1-2,4H3,(H,33,34)(H,35,36)/b7-5-,22-8+,23-6+. The molecule has 192 valence electrons. The molecule has 1 amide bonds. The number of hydrogen-bond acceptors (Lipinski definition) is 6. The lowest BCUT2D eigenvalue weighted by Crippen LogP contribution is -2.46. The Bertz CT molecular complexity index is 1330. The molecule has 0 saturated carbocycles. The average Bonchev–Trinajstić information content (AvgIpc) is 3.20. The van der Waals surface area contributed by atoms with Crippen molar-refractivity contribution in [2.24, 2.45) is 10.7 Å². The van der Waals surface area contributed by atoms with Gasteiger partial charge in [-0.3, -0.25) is 9.79 Å². The van der Waals surface area contributed by atoms with Gasteiger partial charge in [-0.25, -0.2) is 0 Å². The molecule has 1 aliphatic heterocycles. The number of fused-ring (bicyclic) bond motifs is 1. The van der Waals surface area contributed by atoms with Crippen LogP contribution in [0.1, 0.15) is 30.5 Å². The van der Waals surface area contributed by atoms with E-state index in [1.807, 2.05) is 45.1 Å². The molecule has 6 nitrogen and oxygen atoms in total. The first-order valence-corrected chi connectivity index (χ1v) is 13.4. The Balaban J connectivity index is 1.43. The maximum atomic E-state index is 13.0. The summed E-state index contributed by atoms with van der Waals surface area (Å²) in [6.07, 6.45) is 9.35. The number of carbonyl (C=O) groups excluding carboxylic acids is 1. The van der Waals surface area contributed by atoms with Crippen molar-refractivity contribution in [1.29, 1.82) is 0 Å². The topological polar surface area (TPSA) is 91.5 Å². The van der Waals surface area contributed by atoms with Crippen LogP contribution in [-0.4, -0.2) is 30.4 Å². The van der Waals surface area contributed by atoms with E-state index in [0.717, 1.165) is 32.2 Å². The van der Waals surface area contributed by atoms with Crippen molar-refractivity contribution in [2.75, 3.05) is 5.32 Å². The summed E-state index contributed by atoms with van der Waals surface area (Å²) in [7, 11) is 0. The van der Waals surface area contributed by atoms with Crippen LogP contribution < -0.4 is 21.7 Å². The van der Waals surface area contributed by atoms with Crippen molar-refractivity contribution >= 4 is 46.4 Å². The number of thiophene rings is 1. The molecule has 0 radical (unpaired) electrons. The Kier molecular flexibility index (Phi) is 8.61. The predicted octanol–water partition coefficient (Wildman–Crippen LogP) is 5.58. The van der Waals surface area contributed by atoms with Crippen LogP contribution in [-0.2, 0) is 11.3 Å². The van der Waals surface area contributed by atoms with Crippen molar-refractivity contribution in [1.82, 2.24) is 10.6 Å². The van der Waals surface area contributed by atoms with Gasteiger partial charge in [0.2, 0.25) is 0 Å². The number of nitrogens with one attached hydrogen (secondary N) is 3. The van der Waals surface area contributed by atoms with E-state index in [1.54, 1.807) is 41.9 Å². The highest BCUT2D eigenvalue weighted by atomic mass is 35.5. The molecular weight excluding hydrogens is 502 g/mol. The van der Waals surface area contributed by atoms with Crippen molar-refractivity contribution in [3.63, 3.8) is 0 Å². The van der Waals surface area contributed by atoms with E-state index in [4.69, 9.17) is 17.3 Å². The van der Waals surface area contributed by atoms with Gasteiger partial charge in [-0.05, 0) is 68.3 Å². The van der Waals surface area contributed by atoms with Gasteiger partial charge < -0.3 is 21.7 Å². The van der Waals surface area contributed by atoms with Gasteiger partial charge in [-0.15, -0.1) is 11.3 Å². The fourth-order valence-electron chi connectivity index (χ4n) is 4.40. The number of rotatable bonds is 9. The molecule has 3 atom stereocenters. The highest BCUT2D eigenvalue weighted by Gasteiger charge is 2.42. The van der Waals surface area contributed by atoms with Crippen LogP contribution in [0.4, 0.5) is 5.69 Å². The smallest absolute Gasteiger partial charge is 0.253 e. The Morgan fingerprint density at radius 1 is 1.27 bits per heavy atom. The number of aliphatic imine (C=N–C) groups is 1. The third-order valence-electron chi connectivity index (χ3n) is 6.46. The SMILES string of the molecule is C=C(C1=C2/C(=C\C)NC=NC1C2N)c1ccc(CNC(C)/C(=C\C=C/C)C(=O)Nc2ccc(Cl)cc2)s1. The summed E-state index contributed by atoms with van der Waals surface area (Å²) < 4.78 is 0. The summed E-state index contributed by atoms with van der Waals surface area (Å²) in [6, 6.07) is 10.9. The van der Waals surface area contributed by atoms with E-state index < -0.39 is 0 Å². The fourth-order valence-corrected chi connectivity index (χ4v) is 5.47. The number of amides is 1. The molecule has 2 bridgehead atoms. The molecule has 0 fully saturated rings. The number of halogens is 1. The van der Waals surface area contributed by atoms with Crippen LogP contribution in [0, 0.1) is 0 Å². The van der Waals surface area contributed by atoms with Crippen LogP contribution in [0.15, 0.2) is 94.7 Å². The van der Waals surface area contributed by atoms with Gasteiger partial charge in [0.1, 0.15) is 0 Å². The van der Waals surface area contributed by atoms with Gasteiger partial charge >= 0.3 is 0 Å². The summed E-state index contributed by atoms with van der Waals surface area (Å²) in [6.45, 7) is 10.9. The second-order valence-corrected chi connectivity index (χ2v) is 10.5. The molecule has 2 aliphatic rings. The van der Waals surface area contributed by atoms with Crippen molar-refractivity contribution in [3.8, 4) is 0 Å². The molecule has 4 rings (SSSR count). The van der Waals surface area contributed by atoms with Gasteiger partial charge in [0.05, 0.1) is 18.4 Å². The number of benzene rings is 1. The zero-order chi connectivity index (χ0) is 26.5. The van der Waals surface area contributed by atoms with Crippen molar-refractivity contribution in [3.05, 3.63) is 104 Å². The summed E-state index contributed by atoms with van der Waals surface area (Å²) >= 11 is 7.65. The van der Waals surface area contributed by atoms with Gasteiger partial charge in [0.25, 0.3) is 5.91 Å². The lowest BCUT2D eigenvalue weighted by molar-refractivity contribution is -0.113. The quantitative estimate of drug-likeness (QED) is 0.250. The second kappa shape index (κ2) is 11.9. The normalized spacial score (nSPS) is 21.0. The lowest BCUT2D eigenvalue weighted by Gasteiger charge is -2.37. The molecule has 0 saturated heterocycles. The number of nitrogens with zero attached hydrogens (tertiary/aromatic N) is 1. The Labute approximate surface area is 227 Å². The Morgan fingerprint density at radius 2 is 2.03 bits per heavy atom. The molecule has 37 heavy (non-hydrogen) atoms. The van der Waals surface area contributed by atoms with Gasteiger partial charge in [-0.2, -0.15) is 0 Å². The van der Waals surface area contributed by atoms with Crippen LogP contribution in [0.25, 0.3) is 5.57 Å². The highest BCUT2D eigenvalue weighted by molar-refractivity contribution is 7.13. The minimum atomic E-state index is -0.174. The largest absolute Gasteiger partial charge is 0.347 e. The third-order valence-corrected chi connectivity index (χ3v) is 7.86. The summed E-state index contributed by atoms with van der Waals surface area (Å²) in [5, 5.41) is 10.3. The first-order valence-electron chi connectivity index (χ1n) is 12.2. The number of anilines is 1. The number of nitrogens with two attached hydrogens (primary N) is 1. The van der Waals surface area contributed by atoms with E-state index in [0.29, 0.717) is 22.8 Å². The van der Waals surface area contributed by atoms with E-state index in [9.17, 15) is 4.79 Å². The number of allylic oxidation sites excluding steroid dienone is 4. The zero-order valence-corrected chi connectivity index (χ0v) is 22.8. The molecule has 2 heterocycles. The summed E-state index contributed by atoms with van der Waals surface area (Å²) in [5.41, 5.74) is 11.9. The zero-order valence-electron chi connectivity index (χ0n) is 21.2. The maximum absolute atomic E-state index is 13.0. The van der Waals surface area contributed by atoms with E-state index in [2.05, 4.69) is 39.7 Å². The summed E-state index contributed by atoms with van der Waals surface area (Å²) in [5.74, 6) is -0.160. The molecule has 3 unspecified atom stereocenters. The first kappa shape index (κ1) is 26.8. The molecule has 2 aromatic rings. The van der Waals surface area contributed by atoms with E-state index >= 15 is 0 Å². The van der Waals surface area contributed by atoms with E-state index in [-0.39, 0.29) is 24.0 Å². The van der Waals surface area contributed by atoms with Gasteiger partial charge in [-0.1, -0.05) is 42.5 Å². The van der Waals surface area contributed by atoms with Crippen LogP contribution in [0.2, 0.25) is 5.02 Å².